The highest BCUT2D eigenvalue weighted by molar-refractivity contribution is 8.76. The number of amides is 9. The summed E-state index contributed by atoms with van der Waals surface area (Å²) in [4.78, 5) is 144. The minimum Gasteiger partial charge on any atom is -0.481 e. The van der Waals surface area contributed by atoms with Gasteiger partial charge in [-0.1, -0.05) is 69.6 Å². The topological polar surface area (TPSA) is 362 Å². The molecular formula is C47H79N13O11S2. The number of aliphatic carboxylic acids is 1. The second kappa shape index (κ2) is 32.0. The van der Waals surface area contributed by atoms with Gasteiger partial charge in [-0.25, -0.2) is 4.98 Å². The smallest absolute Gasteiger partial charge is 0.303 e. The van der Waals surface area contributed by atoms with Crippen molar-refractivity contribution in [3.05, 3.63) is 18.2 Å². The molecule has 2 saturated heterocycles. The third kappa shape index (κ3) is 21.1. The maximum Gasteiger partial charge on any atom is 0.303 e. The zero-order valence-corrected chi connectivity index (χ0v) is 44.6. The summed E-state index contributed by atoms with van der Waals surface area (Å²) < 4.78 is 0. The fraction of sp³-hybridized carbons (Fsp3) is 0.723. The number of nitrogens with zero attached hydrogens (tertiary/aromatic N) is 3. The van der Waals surface area contributed by atoms with E-state index in [0.717, 1.165) is 11.5 Å². The van der Waals surface area contributed by atoms with Crippen molar-refractivity contribution in [2.24, 2.45) is 29.2 Å². The molecule has 0 aromatic carbocycles. The number of carboxylic acids is 1. The number of aromatic nitrogens is 2. The second-order valence-electron chi connectivity index (χ2n) is 19.2. The molecule has 1 aromatic rings. The van der Waals surface area contributed by atoms with Crippen molar-refractivity contribution in [1.29, 1.82) is 0 Å². The first kappa shape index (κ1) is 61.8. The monoisotopic (exact) mass is 1070 g/mol. The largest absolute Gasteiger partial charge is 0.481 e. The Morgan fingerprint density at radius 2 is 1.42 bits per heavy atom. The van der Waals surface area contributed by atoms with E-state index < -0.39 is 114 Å². The van der Waals surface area contributed by atoms with Crippen LogP contribution in [0.5, 0.6) is 0 Å². The zero-order chi connectivity index (χ0) is 54.2. The lowest BCUT2D eigenvalue weighted by molar-refractivity contribution is -0.144. The second-order valence-corrected chi connectivity index (χ2v) is 21.9. The molecule has 73 heavy (non-hydrogen) atoms. The first-order valence-corrected chi connectivity index (χ1v) is 27.7. The fourth-order valence-electron chi connectivity index (χ4n) is 8.10. The quantitative estimate of drug-likeness (QED) is 0.0322. The first-order valence-electron chi connectivity index (χ1n) is 25.2. The molecule has 410 valence electrons. The molecule has 9 amide bonds. The molecule has 1 aromatic heterocycles. The van der Waals surface area contributed by atoms with Crippen LogP contribution in [0.15, 0.2) is 12.5 Å². The van der Waals surface area contributed by atoms with Crippen molar-refractivity contribution in [3.8, 4) is 0 Å². The maximum atomic E-state index is 14.4. The number of H-pyrrole nitrogens is 1. The number of hydrogen-bond donors (Lipinski definition) is 11. The Balaban J connectivity index is 1.76. The summed E-state index contributed by atoms with van der Waals surface area (Å²) in [6.07, 6.45) is 4.25. The van der Waals surface area contributed by atoms with Crippen molar-refractivity contribution in [3.63, 3.8) is 0 Å². The Morgan fingerprint density at radius 1 is 0.781 bits per heavy atom. The summed E-state index contributed by atoms with van der Waals surface area (Å²) in [6.45, 7) is 11.5. The number of likely N-dealkylation sites (tertiary alicyclic amines) is 1. The highest BCUT2D eigenvalue weighted by atomic mass is 33.1. The SMILES string of the molecule is CC[C@H](C)[C@H](N)C(=O)N[C@@H](CC(C)C)C(=O)N[C@@H](CCCCN)C(=O)N[C@@H](CCC(=O)O)C(=O)N1CCC[C@H]1C(=O)N[C@H](C(=O)N[C@@H](Cc1cnc[nH]1)C(=O)NCC(=O)NCC(=O)N1CCSSCC1)C(C)C. The van der Waals surface area contributed by atoms with Gasteiger partial charge in [-0.15, -0.1) is 0 Å². The lowest BCUT2D eigenvalue weighted by Crippen LogP contribution is -2.60. The number of carboxylic acid groups (broad SMARTS) is 1. The molecule has 0 unspecified atom stereocenters. The molecule has 0 saturated carbocycles. The van der Waals surface area contributed by atoms with Gasteiger partial charge in [0.05, 0.1) is 25.5 Å². The maximum absolute atomic E-state index is 14.4. The predicted molar refractivity (Wildman–Crippen MR) is 276 cm³/mol. The summed E-state index contributed by atoms with van der Waals surface area (Å²) in [5, 5.41) is 28.2. The van der Waals surface area contributed by atoms with Gasteiger partial charge in [0, 0.05) is 55.9 Å². The molecule has 8 atom stereocenters. The Hall–Kier alpha value is -5.47. The van der Waals surface area contributed by atoms with Crippen molar-refractivity contribution >= 4 is 80.7 Å². The van der Waals surface area contributed by atoms with Crippen LogP contribution in [0.3, 0.4) is 0 Å². The number of hydrogen-bond acceptors (Lipinski definition) is 15. The average Bonchev–Trinajstić information content (AvgIpc) is 3.99. The zero-order valence-electron chi connectivity index (χ0n) is 43.0. The van der Waals surface area contributed by atoms with Gasteiger partial charge in [0.1, 0.15) is 36.3 Å². The molecule has 13 N–H and O–H groups in total. The molecule has 3 heterocycles. The third-order valence-corrected chi connectivity index (χ3v) is 15.0. The van der Waals surface area contributed by atoms with E-state index in [-0.39, 0.29) is 62.9 Å². The number of imidazole rings is 1. The van der Waals surface area contributed by atoms with Gasteiger partial charge in [0.15, 0.2) is 0 Å². The highest BCUT2D eigenvalue weighted by Crippen LogP contribution is 2.24. The van der Waals surface area contributed by atoms with Crippen LogP contribution in [0.25, 0.3) is 0 Å². The highest BCUT2D eigenvalue weighted by Gasteiger charge is 2.41. The van der Waals surface area contributed by atoms with Crippen LogP contribution in [0.4, 0.5) is 0 Å². The third-order valence-electron chi connectivity index (χ3n) is 12.6. The number of carbonyl (C=O) groups is 10. The molecule has 2 aliphatic heterocycles. The van der Waals surface area contributed by atoms with Gasteiger partial charge >= 0.3 is 5.97 Å². The number of nitrogens with one attached hydrogen (secondary N) is 8. The van der Waals surface area contributed by atoms with Crippen molar-refractivity contribution < 1.29 is 53.1 Å². The Kier molecular flexibility index (Phi) is 27.1. The van der Waals surface area contributed by atoms with Gasteiger partial charge < -0.3 is 68.6 Å². The lowest BCUT2D eigenvalue weighted by atomic mass is 9.97. The number of nitrogens with two attached hydrogens (primary N) is 2. The number of carbonyl (C=O) groups excluding carboxylic acids is 9. The molecule has 0 spiro atoms. The first-order chi connectivity index (χ1) is 34.7. The van der Waals surface area contributed by atoms with Crippen molar-refractivity contribution in [1.82, 2.24) is 57.0 Å². The molecular weight excluding hydrogens is 987 g/mol. The Bertz CT molecular complexity index is 2010. The molecule has 2 aliphatic rings. The molecule has 0 aliphatic carbocycles. The van der Waals surface area contributed by atoms with Gasteiger partial charge in [-0.3, -0.25) is 47.9 Å². The van der Waals surface area contributed by atoms with Crippen molar-refractivity contribution in [2.75, 3.05) is 50.8 Å². The van der Waals surface area contributed by atoms with E-state index in [4.69, 9.17) is 11.5 Å². The molecule has 2 fully saturated rings. The standard InChI is InChI=1S/C47H79N13O11S2/c1-7-29(6)39(49)45(69)56-33(21-27(2)3)43(67)54-31(11-8-9-15-48)42(66)55-32(13-14-38(63)64)47(71)60-16-10-12-35(60)44(68)58-40(28(4)5)46(70)57-34(22-30-23-50-26-53-30)41(65)52-24-36(61)51-25-37(62)59-17-19-72-73-20-18-59/h23,26-29,31-35,39-40H,7-22,24-25,48-49H2,1-6H3,(H,50,53)(H,51,61)(H,52,65)(H,54,67)(H,55,66)(H,56,69)(H,57,70)(H,58,68)(H,63,64)/t29-,31-,32-,33-,34-,35-,39-,40-/m0/s1. The van der Waals surface area contributed by atoms with Crippen LogP contribution in [-0.4, -0.2) is 177 Å². The van der Waals surface area contributed by atoms with E-state index in [9.17, 15) is 53.1 Å². The lowest BCUT2D eigenvalue weighted by Gasteiger charge is -2.31. The van der Waals surface area contributed by atoms with Gasteiger partial charge in [0.25, 0.3) is 0 Å². The summed E-state index contributed by atoms with van der Waals surface area (Å²) in [5.41, 5.74) is 12.4. The minimum atomic E-state index is -1.45. The van der Waals surface area contributed by atoms with E-state index in [1.54, 1.807) is 40.3 Å². The van der Waals surface area contributed by atoms with E-state index in [1.165, 1.54) is 17.4 Å². The van der Waals surface area contributed by atoms with Crippen LogP contribution in [0.2, 0.25) is 0 Å². The molecule has 26 heteroatoms. The summed E-state index contributed by atoms with van der Waals surface area (Å²) in [6, 6.07) is -8.23. The van der Waals surface area contributed by atoms with Gasteiger partial charge in [-0.2, -0.15) is 0 Å². The molecule has 0 bridgehead atoms. The van der Waals surface area contributed by atoms with Crippen LogP contribution in [0.1, 0.15) is 105 Å². The van der Waals surface area contributed by atoms with Gasteiger partial charge in [0.2, 0.25) is 53.2 Å². The van der Waals surface area contributed by atoms with E-state index in [1.807, 2.05) is 27.7 Å². The number of rotatable bonds is 30. The van der Waals surface area contributed by atoms with E-state index in [0.29, 0.717) is 51.0 Å². The normalized spacial score (nSPS) is 17.7. The van der Waals surface area contributed by atoms with Crippen LogP contribution in [-0.2, 0) is 54.4 Å². The summed E-state index contributed by atoms with van der Waals surface area (Å²) >= 11 is 0. The minimum absolute atomic E-state index is 0.0467. The van der Waals surface area contributed by atoms with Crippen molar-refractivity contribution in [2.45, 2.75) is 148 Å². The summed E-state index contributed by atoms with van der Waals surface area (Å²) in [7, 11) is 3.35. The fourth-order valence-corrected chi connectivity index (χ4v) is 10.1. The average molecular weight is 1070 g/mol. The molecule has 3 rings (SSSR count). The molecule has 0 radical (unpaired) electrons. The predicted octanol–water partition coefficient (Wildman–Crippen LogP) is -1.11. The Morgan fingerprint density at radius 3 is 2.03 bits per heavy atom. The Labute approximate surface area is 435 Å². The molecule has 24 nitrogen and oxygen atoms in total. The van der Waals surface area contributed by atoms with E-state index in [2.05, 4.69) is 47.2 Å². The number of unbranched alkanes of at least 4 members (excludes halogenated alkanes) is 1. The van der Waals surface area contributed by atoms with Crippen LogP contribution in [0, 0.1) is 17.8 Å². The van der Waals surface area contributed by atoms with E-state index >= 15 is 0 Å². The van der Waals surface area contributed by atoms with Gasteiger partial charge in [-0.05, 0) is 69.2 Å². The number of aromatic amines is 1. The summed E-state index contributed by atoms with van der Waals surface area (Å²) in [5.74, 6) is -6.24. The van der Waals surface area contributed by atoms with Crippen LogP contribution >= 0.6 is 21.6 Å². The van der Waals surface area contributed by atoms with Crippen LogP contribution < -0.4 is 48.7 Å².